The zero-order chi connectivity index (χ0) is 17.0. The zero-order valence-electron chi connectivity index (χ0n) is 13.5. The molecule has 0 aromatic heterocycles. The van der Waals surface area contributed by atoms with E-state index in [2.05, 4.69) is 21.2 Å². The molecule has 0 aliphatic heterocycles. The SMILES string of the molecule is Cc1cc(C)c(NC(=O)CN(C)Cc2ccc(Br)cc2)c(Cl)c1. The Morgan fingerprint density at radius 1 is 1.22 bits per heavy atom. The van der Waals surface area contributed by atoms with E-state index in [9.17, 15) is 4.79 Å². The predicted molar refractivity (Wildman–Crippen MR) is 100 cm³/mol. The summed E-state index contributed by atoms with van der Waals surface area (Å²) < 4.78 is 1.05. The van der Waals surface area contributed by atoms with Gasteiger partial charge in [-0.1, -0.05) is 45.7 Å². The summed E-state index contributed by atoms with van der Waals surface area (Å²) in [5.41, 5.74) is 3.91. The third-order valence-corrected chi connectivity index (χ3v) is 4.30. The van der Waals surface area contributed by atoms with Gasteiger partial charge >= 0.3 is 0 Å². The molecule has 1 amide bonds. The standard InChI is InChI=1S/C18H20BrClN2O/c1-12-8-13(2)18(16(20)9-12)21-17(23)11-22(3)10-14-4-6-15(19)7-5-14/h4-9H,10-11H2,1-3H3,(H,21,23). The average molecular weight is 396 g/mol. The van der Waals surface area contributed by atoms with Crippen molar-refractivity contribution >= 4 is 39.1 Å². The summed E-state index contributed by atoms with van der Waals surface area (Å²) in [4.78, 5) is 14.2. The molecule has 0 aliphatic rings. The van der Waals surface area contributed by atoms with Crippen LogP contribution in [-0.2, 0) is 11.3 Å². The van der Waals surface area contributed by atoms with Gasteiger partial charge in [0.25, 0.3) is 0 Å². The van der Waals surface area contributed by atoms with Crippen LogP contribution in [0, 0.1) is 13.8 Å². The molecule has 23 heavy (non-hydrogen) atoms. The molecule has 0 atom stereocenters. The second kappa shape index (κ2) is 7.95. The molecular weight excluding hydrogens is 376 g/mol. The number of nitrogens with one attached hydrogen (secondary N) is 1. The molecule has 2 aromatic carbocycles. The molecule has 3 nitrogen and oxygen atoms in total. The van der Waals surface area contributed by atoms with Crippen molar-refractivity contribution in [3.05, 3.63) is 62.6 Å². The van der Waals surface area contributed by atoms with Gasteiger partial charge in [0.15, 0.2) is 0 Å². The van der Waals surface area contributed by atoms with Crippen molar-refractivity contribution in [2.75, 3.05) is 18.9 Å². The van der Waals surface area contributed by atoms with Gasteiger partial charge in [-0.25, -0.2) is 0 Å². The molecule has 0 unspecified atom stereocenters. The molecule has 0 heterocycles. The molecular formula is C18H20BrClN2O. The van der Waals surface area contributed by atoms with E-state index in [0.29, 0.717) is 23.8 Å². The fourth-order valence-electron chi connectivity index (χ4n) is 2.46. The third-order valence-electron chi connectivity index (χ3n) is 3.48. The Labute approximate surface area is 150 Å². The summed E-state index contributed by atoms with van der Waals surface area (Å²) in [6.45, 7) is 4.94. The summed E-state index contributed by atoms with van der Waals surface area (Å²) in [7, 11) is 1.92. The van der Waals surface area contributed by atoms with Crippen molar-refractivity contribution in [3.8, 4) is 0 Å². The molecule has 0 bridgehead atoms. The summed E-state index contributed by atoms with van der Waals surface area (Å²) in [6, 6.07) is 11.9. The van der Waals surface area contributed by atoms with Crippen molar-refractivity contribution in [2.24, 2.45) is 0 Å². The van der Waals surface area contributed by atoms with Crippen molar-refractivity contribution in [3.63, 3.8) is 0 Å². The zero-order valence-corrected chi connectivity index (χ0v) is 15.8. The number of carbonyl (C=O) groups is 1. The number of likely N-dealkylation sites (N-methyl/N-ethyl adjacent to an activating group) is 1. The fourth-order valence-corrected chi connectivity index (χ4v) is 3.09. The number of benzene rings is 2. The number of amides is 1. The highest BCUT2D eigenvalue weighted by Crippen LogP contribution is 2.27. The Bertz CT molecular complexity index is 678. The summed E-state index contributed by atoms with van der Waals surface area (Å²) in [5, 5.41) is 3.49. The van der Waals surface area contributed by atoms with Crippen LogP contribution in [0.15, 0.2) is 40.9 Å². The Kier molecular flexibility index (Phi) is 6.22. The maximum atomic E-state index is 12.2. The lowest BCUT2D eigenvalue weighted by atomic mass is 10.1. The molecule has 0 aliphatic carbocycles. The second-order valence-corrected chi connectivity index (χ2v) is 7.11. The molecule has 2 aromatic rings. The van der Waals surface area contributed by atoms with E-state index in [4.69, 9.17) is 11.6 Å². The van der Waals surface area contributed by atoms with Crippen LogP contribution in [0.3, 0.4) is 0 Å². The number of rotatable bonds is 5. The van der Waals surface area contributed by atoms with Gasteiger partial charge in [-0.15, -0.1) is 0 Å². The van der Waals surface area contributed by atoms with E-state index < -0.39 is 0 Å². The molecule has 0 saturated carbocycles. The normalized spacial score (nSPS) is 10.9. The van der Waals surface area contributed by atoms with E-state index in [1.54, 1.807) is 0 Å². The van der Waals surface area contributed by atoms with Gasteiger partial charge in [0, 0.05) is 11.0 Å². The van der Waals surface area contributed by atoms with Gasteiger partial charge in [-0.2, -0.15) is 0 Å². The topological polar surface area (TPSA) is 32.3 Å². The van der Waals surface area contributed by atoms with Crippen molar-refractivity contribution < 1.29 is 4.79 Å². The first kappa shape index (κ1) is 18.0. The van der Waals surface area contributed by atoms with Gasteiger partial charge in [-0.05, 0) is 55.8 Å². The first-order valence-electron chi connectivity index (χ1n) is 7.34. The first-order valence-corrected chi connectivity index (χ1v) is 8.52. The number of anilines is 1. The van der Waals surface area contributed by atoms with E-state index >= 15 is 0 Å². The first-order chi connectivity index (χ1) is 10.8. The van der Waals surface area contributed by atoms with Crippen molar-refractivity contribution in [2.45, 2.75) is 20.4 Å². The highest BCUT2D eigenvalue weighted by molar-refractivity contribution is 9.10. The number of hydrogen-bond acceptors (Lipinski definition) is 2. The monoisotopic (exact) mass is 394 g/mol. The lowest BCUT2D eigenvalue weighted by molar-refractivity contribution is -0.117. The Morgan fingerprint density at radius 2 is 1.87 bits per heavy atom. The van der Waals surface area contributed by atoms with Gasteiger partial charge in [-0.3, -0.25) is 9.69 Å². The minimum absolute atomic E-state index is 0.0709. The van der Waals surface area contributed by atoms with Crippen LogP contribution in [-0.4, -0.2) is 24.4 Å². The van der Waals surface area contributed by atoms with Crippen LogP contribution in [0.4, 0.5) is 5.69 Å². The molecule has 0 spiro atoms. The maximum absolute atomic E-state index is 12.2. The van der Waals surface area contributed by atoms with Crippen LogP contribution >= 0.6 is 27.5 Å². The van der Waals surface area contributed by atoms with Gasteiger partial charge in [0.2, 0.25) is 5.91 Å². The van der Waals surface area contributed by atoms with E-state index in [1.807, 2.05) is 62.2 Å². The smallest absolute Gasteiger partial charge is 0.238 e. The van der Waals surface area contributed by atoms with Gasteiger partial charge in [0.1, 0.15) is 0 Å². The fraction of sp³-hybridized carbons (Fsp3) is 0.278. The predicted octanol–water partition coefficient (Wildman–Crippen LogP) is 4.79. The quantitative estimate of drug-likeness (QED) is 0.789. The molecule has 0 radical (unpaired) electrons. The third kappa shape index (κ3) is 5.34. The van der Waals surface area contributed by atoms with Crippen LogP contribution < -0.4 is 5.32 Å². The highest BCUT2D eigenvalue weighted by atomic mass is 79.9. The minimum atomic E-state index is -0.0709. The average Bonchev–Trinajstić information content (AvgIpc) is 2.45. The number of halogens is 2. The lowest BCUT2D eigenvalue weighted by Crippen LogP contribution is -2.30. The number of hydrogen-bond donors (Lipinski definition) is 1. The van der Waals surface area contributed by atoms with Crippen LogP contribution in [0.25, 0.3) is 0 Å². The molecule has 1 N–H and O–H groups in total. The van der Waals surface area contributed by atoms with Gasteiger partial charge in [0.05, 0.1) is 17.3 Å². The summed E-state index contributed by atoms with van der Waals surface area (Å²) in [6.07, 6.45) is 0. The minimum Gasteiger partial charge on any atom is -0.323 e. The number of carbonyl (C=O) groups excluding carboxylic acids is 1. The number of nitrogens with zero attached hydrogens (tertiary/aromatic N) is 1. The molecule has 122 valence electrons. The van der Waals surface area contributed by atoms with Crippen LogP contribution in [0.1, 0.15) is 16.7 Å². The molecule has 2 rings (SSSR count). The highest BCUT2D eigenvalue weighted by Gasteiger charge is 2.12. The maximum Gasteiger partial charge on any atom is 0.238 e. The van der Waals surface area contributed by atoms with Crippen molar-refractivity contribution in [1.82, 2.24) is 4.90 Å². The Morgan fingerprint density at radius 3 is 2.48 bits per heavy atom. The van der Waals surface area contributed by atoms with E-state index in [-0.39, 0.29) is 5.91 Å². The van der Waals surface area contributed by atoms with E-state index in [1.165, 1.54) is 0 Å². The van der Waals surface area contributed by atoms with Gasteiger partial charge < -0.3 is 5.32 Å². The largest absolute Gasteiger partial charge is 0.323 e. The Hall–Kier alpha value is -1.36. The lowest BCUT2D eigenvalue weighted by Gasteiger charge is -2.18. The van der Waals surface area contributed by atoms with Crippen LogP contribution in [0.2, 0.25) is 5.02 Å². The van der Waals surface area contributed by atoms with E-state index in [0.717, 1.165) is 21.2 Å². The molecule has 0 fully saturated rings. The molecule has 0 saturated heterocycles. The second-order valence-electron chi connectivity index (χ2n) is 5.79. The van der Waals surface area contributed by atoms with Crippen LogP contribution in [0.5, 0.6) is 0 Å². The van der Waals surface area contributed by atoms with Crippen molar-refractivity contribution in [1.29, 1.82) is 0 Å². The summed E-state index contributed by atoms with van der Waals surface area (Å²) >= 11 is 9.64. The molecule has 5 heteroatoms. The number of aryl methyl sites for hydroxylation is 2. The summed E-state index contributed by atoms with van der Waals surface area (Å²) in [5.74, 6) is -0.0709. The Balaban J connectivity index is 1.95.